The molecule has 6 heteroatoms. The lowest BCUT2D eigenvalue weighted by atomic mass is 9.64. The predicted octanol–water partition coefficient (Wildman–Crippen LogP) is 3.75. The molecule has 1 heterocycles. The number of nitrogens with two attached hydrogens (primary N) is 1. The van der Waals surface area contributed by atoms with Crippen LogP contribution in [0.5, 0.6) is 0 Å². The summed E-state index contributed by atoms with van der Waals surface area (Å²) in [5.74, 6) is -0.400. The second-order valence-electron chi connectivity index (χ2n) is 7.45. The summed E-state index contributed by atoms with van der Waals surface area (Å²) in [5.41, 5.74) is 6.19. The van der Waals surface area contributed by atoms with Gasteiger partial charge in [-0.05, 0) is 30.2 Å². The second-order valence-corrected chi connectivity index (χ2v) is 8.37. The molecular formula is C21H25BrFNO3. The van der Waals surface area contributed by atoms with Gasteiger partial charge in [-0.15, -0.1) is 0 Å². The van der Waals surface area contributed by atoms with Gasteiger partial charge < -0.3 is 20.3 Å². The quantitative estimate of drug-likeness (QED) is 0.721. The van der Waals surface area contributed by atoms with Crippen molar-refractivity contribution in [2.45, 2.75) is 31.6 Å². The van der Waals surface area contributed by atoms with Crippen molar-refractivity contribution in [2.24, 2.45) is 11.1 Å². The van der Waals surface area contributed by atoms with E-state index in [0.29, 0.717) is 25.2 Å². The highest BCUT2D eigenvalue weighted by Crippen LogP contribution is 2.46. The first-order chi connectivity index (χ1) is 12.9. The molecule has 3 N–H and O–H groups in total. The molecule has 1 saturated heterocycles. The van der Waals surface area contributed by atoms with Gasteiger partial charge in [-0.25, -0.2) is 4.39 Å². The van der Waals surface area contributed by atoms with Crippen molar-refractivity contribution in [2.75, 3.05) is 19.8 Å². The summed E-state index contributed by atoms with van der Waals surface area (Å²) in [7, 11) is 0. The Bertz CT molecular complexity index is 775. The average Bonchev–Trinajstić information content (AvgIpc) is 2.67. The molecule has 0 unspecified atom stereocenters. The second kappa shape index (κ2) is 8.37. The van der Waals surface area contributed by atoms with Crippen molar-refractivity contribution in [1.82, 2.24) is 0 Å². The van der Waals surface area contributed by atoms with Crippen LogP contribution in [0.1, 0.15) is 24.5 Å². The zero-order chi connectivity index (χ0) is 19.5. The van der Waals surface area contributed by atoms with Crippen molar-refractivity contribution < 1.29 is 19.0 Å². The minimum atomic E-state index is -1.13. The Hall–Kier alpha value is -1.31. The summed E-state index contributed by atoms with van der Waals surface area (Å²) in [6.45, 7) is 2.69. The molecule has 2 aromatic rings. The number of aliphatic hydroxyl groups excluding tert-OH is 1. The molecule has 0 bridgehead atoms. The van der Waals surface area contributed by atoms with E-state index in [-0.39, 0.29) is 19.3 Å². The highest BCUT2D eigenvalue weighted by atomic mass is 79.9. The zero-order valence-corrected chi connectivity index (χ0v) is 16.9. The van der Waals surface area contributed by atoms with Gasteiger partial charge in [-0.3, -0.25) is 0 Å². The Labute approximate surface area is 167 Å². The molecule has 2 aromatic carbocycles. The van der Waals surface area contributed by atoms with Crippen molar-refractivity contribution in [3.8, 4) is 0 Å². The van der Waals surface area contributed by atoms with Crippen LogP contribution in [0, 0.1) is 11.2 Å². The molecule has 146 valence electrons. The zero-order valence-electron chi connectivity index (χ0n) is 15.3. The number of benzene rings is 2. The molecule has 1 fully saturated rings. The summed E-state index contributed by atoms with van der Waals surface area (Å²) in [5, 5.41) is 10.1. The standard InChI is InChI=1S/C21H25BrFNO3/c1-20(13-25)10-17(12-26-11-15-5-3-2-4-6-15)27-14-21(20,24)18-9-16(22)7-8-19(18)23/h2-9,17,25H,10-14,24H2,1H3/t17-,20+,21-/m1/s1. The van der Waals surface area contributed by atoms with Crippen LogP contribution in [-0.4, -0.2) is 31.0 Å². The van der Waals surface area contributed by atoms with Gasteiger partial charge in [0.25, 0.3) is 0 Å². The number of hydrogen-bond donors (Lipinski definition) is 2. The number of halogens is 2. The first-order valence-electron chi connectivity index (χ1n) is 8.96. The van der Waals surface area contributed by atoms with Gasteiger partial charge in [0, 0.05) is 15.5 Å². The molecule has 0 amide bonds. The third-order valence-electron chi connectivity index (χ3n) is 5.48. The number of ether oxygens (including phenoxy) is 2. The molecule has 0 spiro atoms. The molecule has 27 heavy (non-hydrogen) atoms. The highest BCUT2D eigenvalue weighted by Gasteiger charge is 2.52. The molecular weight excluding hydrogens is 413 g/mol. The SMILES string of the molecule is C[C@@]1(CO)C[C@H](COCc2ccccc2)OC[C@@]1(N)c1cc(Br)ccc1F. The Balaban J connectivity index is 1.71. The number of hydrogen-bond acceptors (Lipinski definition) is 4. The Morgan fingerprint density at radius 3 is 2.74 bits per heavy atom. The van der Waals surface area contributed by atoms with Gasteiger partial charge in [0.05, 0.1) is 38.1 Å². The van der Waals surface area contributed by atoms with Crippen LogP contribution in [0.2, 0.25) is 0 Å². The van der Waals surface area contributed by atoms with Crippen LogP contribution in [0.4, 0.5) is 4.39 Å². The van der Waals surface area contributed by atoms with Crippen molar-refractivity contribution in [3.05, 3.63) is 69.9 Å². The maximum atomic E-state index is 14.5. The lowest BCUT2D eigenvalue weighted by Crippen LogP contribution is -2.62. The third-order valence-corrected chi connectivity index (χ3v) is 5.97. The van der Waals surface area contributed by atoms with E-state index in [0.717, 1.165) is 10.0 Å². The van der Waals surface area contributed by atoms with Crippen LogP contribution in [0.3, 0.4) is 0 Å². The van der Waals surface area contributed by atoms with Gasteiger partial charge >= 0.3 is 0 Å². The molecule has 1 aliphatic heterocycles. The Morgan fingerprint density at radius 2 is 2.04 bits per heavy atom. The summed E-state index contributed by atoms with van der Waals surface area (Å²) in [6.07, 6.45) is 0.263. The van der Waals surface area contributed by atoms with E-state index < -0.39 is 16.8 Å². The number of aliphatic hydroxyl groups is 1. The minimum absolute atomic E-state index is 0.108. The predicted molar refractivity (Wildman–Crippen MR) is 106 cm³/mol. The molecule has 0 aromatic heterocycles. The van der Waals surface area contributed by atoms with Crippen LogP contribution in [0.25, 0.3) is 0 Å². The maximum absolute atomic E-state index is 14.5. The van der Waals surface area contributed by atoms with E-state index in [1.165, 1.54) is 6.07 Å². The van der Waals surface area contributed by atoms with E-state index >= 15 is 0 Å². The van der Waals surface area contributed by atoms with Gasteiger partial charge in [-0.2, -0.15) is 0 Å². The molecule has 0 saturated carbocycles. The van der Waals surface area contributed by atoms with Gasteiger partial charge in [0.15, 0.2) is 0 Å². The summed E-state index contributed by atoms with van der Waals surface area (Å²) in [4.78, 5) is 0. The Morgan fingerprint density at radius 1 is 1.30 bits per heavy atom. The monoisotopic (exact) mass is 437 g/mol. The third kappa shape index (κ3) is 4.25. The van der Waals surface area contributed by atoms with E-state index in [2.05, 4.69) is 15.9 Å². The van der Waals surface area contributed by atoms with Crippen molar-refractivity contribution >= 4 is 15.9 Å². The van der Waals surface area contributed by atoms with Crippen LogP contribution in [0.15, 0.2) is 53.0 Å². The highest BCUT2D eigenvalue weighted by molar-refractivity contribution is 9.10. The summed E-state index contributed by atoms with van der Waals surface area (Å²) >= 11 is 3.37. The van der Waals surface area contributed by atoms with E-state index in [4.69, 9.17) is 15.2 Å². The van der Waals surface area contributed by atoms with E-state index in [1.54, 1.807) is 12.1 Å². The summed E-state index contributed by atoms with van der Waals surface area (Å²) in [6, 6.07) is 14.6. The maximum Gasteiger partial charge on any atom is 0.128 e. The minimum Gasteiger partial charge on any atom is -0.396 e. The van der Waals surface area contributed by atoms with Gasteiger partial charge in [-0.1, -0.05) is 53.2 Å². The molecule has 0 radical (unpaired) electrons. The molecule has 3 atom stereocenters. The normalized spacial score (nSPS) is 28.3. The van der Waals surface area contributed by atoms with Crippen molar-refractivity contribution in [3.63, 3.8) is 0 Å². The van der Waals surface area contributed by atoms with Gasteiger partial charge in [0.2, 0.25) is 0 Å². The first kappa shape index (κ1) is 20.4. The first-order valence-corrected chi connectivity index (χ1v) is 9.76. The fraction of sp³-hybridized carbons (Fsp3) is 0.429. The topological polar surface area (TPSA) is 64.7 Å². The fourth-order valence-electron chi connectivity index (χ4n) is 3.60. The lowest BCUT2D eigenvalue weighted by Gasteiger charge is -2.51. The van der Waals surface area contributed by atoms with Crippen molar-refractivity contribution in [1.29, 1.82) is 0 Å². The molecule has 3 rings (SSSR count). The van der Waals surface area contributed by atoms with Crippen LogP contribution in [-0.2, 0) is 21.6 Å². The van der Waals surface area contributed by atoms with Gasteiger partial charge in [0.1, 0.15) is 5.82 Å². The number of rotatable bonds is 6. The average molecular weight is 438 g/mol. The lowest BCUT2D eigenvalue weighted by molar-refractivity contribution is -0.142. The smallest absolute Gasteiger partial charge is 0.128 e. The fourth-order valence-corrected chi connectivity index (χ4v) is 3.97. The Kier molecular flexibility index (Phi) is 6.33. The van der Waals surface area contributed by atoms with E-state index in [9.17, 15) is 9.50 Å². The molecule has 4 nitrogen and oxygen atoms in total. The molecule has 0 aliphatic carbocycles. The van der Waals surface area contributed by atoms with Crippen LogP contribution < -0.4 is 5.73 Å². The van der Waals surface area contributed by atoms with E-state index in [1.807, 2.05) is 37.3 Å². The molecule has 1 aliphatic rings. The summed E-state index contributed by atoms with van der Waals surface area (Å²) < 4.78 is 27.0. The largest absolute Gasteiger partial charge is 0.396 e. The van der Waals surface area contributed by atoms with Crippen LogP contribution >= 0.6 is 15.9 Å².